The lowest BCUT2D eigenvalue weighted by atomic mass is 10.3. The van der Waals surface area contributed by atoms with Crippen LogP contribution in [0.4, 0.5) is 11.8 Å². The molecule has 1 fully saturated rings. The summed E-state index contributed by atoms with van der Waals surface area (Å²) in [5.74, 6) is 7.45. The number of aromatic nitrogens is 2. The van der Waals surface area contributed by atoms with Crippen LogP contribution in [0.15, 0.2) is 6.07 Å². The van der Waals surface area contributed by atoms with Crippen LogP contribution in [0.3, 0.4) is 0 Å². The van der Waals surface area contributed by atoms with Crippen molar-refractivity contribution >= 4 is 33.3 Å². The van der Waals surface area contributed by atoms with Crippen molar-refractivity contribution in [2.75, 3.05) is 30.5 Å². The van der Waals surface area contributed by atoms with Crippen LogP contribution in [0.1, 0.15) is 17.7 Å². The fraction of sp³-hybridized carbons (Fsp3) is 0.538. The van der Waals surface area contributed by atoms with E-state index in [4.69, 9.17) is 10.6 Å². The molecule has 1 aliphatic carbocycles. The average Bonchev–Trinajstić information content (AvgIpc) is 3.18. The predicted octanol–water partition coefficient (Wildman–Crippen LogP) is 2.12. The number of ether oxygens (including phenoxy) is 1. The van der Waals surface area contributed by atoms with E-state index >= 15 is 0 Å². The molecule has 2 aromatic heterocycles. The van der Waals surface area contributed by atoms with Crippen molar-refractivity contribution in [1.29, 1.82) is 0 Å². The third-order valence-corrected chi connectivity index (χ3v) is 4.18. The maximum absolute atomic E-state index is 5.61. The highest BCUT2D eigenvalue weighted by molar-refractivity contribution is 7.18. The molecule has 108 valence electrons. The van der Waals surface area contributed by atoms with E-state index in [1.165, 1.54) is 17.7 Å². The smallest absolute Gasteiger partial charge is 0.240 e. The molecule has 4 N–H and O–H groups in total. The molecule has 7 heteroatoms. The lowest BCUT2D eigenvalue weighted by Crippen LogP contribution is -2.14. The standard InChI is InChI=1S/C13H19N5OS/c1-8-6-10-11(15-4-5-19-7-9-2-3-9)16-13(18-14)17-12(10)20-8/h6,9H,2-5,7,14H2,1H3,(H2,15,16,17,18). The Bertz CT molecular complexity index is 596. The molecule has 3 rings (SSSR count). The van der Waals surface area contributed by atoms with Gasteiger partial charge in [-0.25, -0.2) is 10.8 Å². The number of nitrogens with two attached hydrogens (primary N) is 1. The number of hydrogen-bond donors (Lipinski definition) is 3. The summed E-state index contributed by atoms with van der Waals surface area (Å²) in [5, 5.41) is 4.34. The number of hydrazine groups is 1. The molecule has 0 aliphatic heterocycles. The zero-order chi connectivity index (χ0) is 13.9. The van der Waals surface area contributed by atoms with Crippen molar-refractivity contribution < 1.29 is 4.74 Å². The van der Waals surface area contributed by atoms with Crippen LogP contribution in [0, 0.1) is 12.8 Å². The number of thiophene rings is 1. The van der Waals surface area contributed by atoms with Gasteiger partial charge in [-0.15, -0.1) is 11.3 Å². The summed E-state index contributed by atoms with van der Waals surface area (Å²) in [4.78, 5) is 10.9. The number of fused-ring (bicyclic) bond motifs is 1. The van der Waals surface area contributed by atoms with Crippen LogP contribution in [-0.2, 0) is 4.74 Å². The van der Waals surface area contributed by atoms with Gasteiger partial charge in [0.2, 0.25) is 5.95 Å². The van der Waals surface area contributed by atoms with Crippen LogP contribution in [-0.4, -0.2) is 29.7 Å². The van der Waals surface area contributed by atoms with Crippen LogP contribution in [0.25, 0.3) is 10.2 Å². The van der Waals surface area contributed by atoms with E-state index in [0.717, 1.165) is 35.1 Å². The van der Waals surface area contributed by atoms with Crippen molar-refractivity contribution in [3.8, 4) is 0 Å². The Balaban J connectivity index is 1.65. The topological polar surface area (TPSA) is 85.1 Å². The maximum Gasteiger partial charge on any atom is 0.240 e. The van der Waals surface area contributed by atoms with Crippen molar-refractivity contribution in [2.24, 2.45) is 11.8 Å². The Morgan fingerprint density at radius 2 is 2.30 bits per heavy atom. The first-order chi connectivity index (χ1) is 9.76. The first-order valence-electron chi connectivity index (χ1n) is 6.82. The van der Waals surface area contributed by atoms with Crippen molar-refractivity contribution in [2.45, 2.75) is 19.8 Å². The molecule has 2 aromatic rings. The molecule has 1 aliphatic rings. The molecular weight excluding hydrogens is 274 g/mol. The van der Waals surface area contributed by atoms with Crippen LogP contribution >= 0.6 is 11.3 Å². The summed E-state index contributed by atoms with van der Waals surface area (Å²) in [6.07, 6.45) is 2.64. The van der Waals surface area contributed by atoms with E-state index in [-0.39, 0.29) is 0 Å². The second kappa shape index (κ2) is 5.90. The Morgan fingerprint density at radius 3 is 3.05 bits per heavy atom. The number of rotatable bonds is 7. The van der Waals surface area contributed by atoms with E-state index in [2.05, 4.69) is 33.7 Å². The minimum absolute atomic E-state index is 0.431. The number of aryl methyl sites for hydroxylation is 1. The minimum atomic E-state index is 0.431. The van der Waals surface area contributed by atoms with Gasteiger partial charge in [0, 0.05) is 18.0 Å². The molecule has 0 bridgehead atoms. The van der Waals surface area contributed by atoms with Crippen LogP contribution in [0.5, 0.6) is 0 Å². The van der Waals surface area contributed by atoms with Gasteiger partial charge < -0.3 is 10.1 Å². The van der Waals surface area contributed by atoms with Crippen molar-refractivity contribution in [1.82, 2.24) is 9.97 Å². The largest absolute Gasteiger partial charge is 0.379 e. The SMILES string of the molecule is Cc1cc2c(NCCOCC3CC3)nc(NN)nc2s1. The molecule has 0 amide bonds. The lowest BCUT2D eigenvalue weighted by Gasteiger charge is -2.08. The number of nitrogen functional groups attached to an aromatic ring is 1. The van der Waals surface area contributed by atoms with Gasteiger partial charge in [0.25, 0.3) is 0 Å². The van der Waals surface area contributed by atoms with Gasteiger partial charge in [-0.3, -0.25) is 5.43 Å². The van der Waals surface area contributed by atoms with Gasteiger partial charge in [-0.05, 0) is 31.7 Å². The van der Waals surface area contributed by atoms with Gasteiger partial charge in [0.05, 0.1) is 12.0 Å². The molecule has 0 unspecified atom stereocenters. The van der Waals surface area contributed by atoms with E-state index in [1.54, 1.807) is 11.3 Å². The Morgan fingerprint density at radius 1 is 1.45 bits per heavy atom. The third kappa shape index (κ3) is 3.17. The van der Waals surface area contributed by atoms with E-state index < -0.39 is 0 Å². The normalized spacial score (nSPS) is 14.7. The molecule has 2 heterocycles. The quantitative estimate of drug-likeness (QED) is 0.412. The molecule has 20 heavy (non-hydrogen) atoms. The number of hydrogen-bond acceptors (Lipinski definition) is 7. The summed E-state index contributed by atoms with van der Waals surface area (Å²) < 4.78 is 5.61. The molecule has 0 atom stereocenters. The van der Waals surface area contributed by atoms with E-state index in [9.17, 15) is 0 Å². The zero-order valence-corrected chi connectivity index (χ0v) is 12.3. The molecule has 1 saturated carbocycles. The predicted molar refractivity (Wildman–Crippen MR) is 82.0 cm³/mol. The zero-order valence-electron chi connectivity index (χ0n) is 11.5. The second-order valence-corrected chi connectivity index (χ2v) is 6.30. The molecule has 6 nitrogen and oxygen atoms in total. The molecule has 0 spiro atoms. The van der Waals surface area contributed by atoms with Gasteiger partial charge in [0.15, 0.2) is 0 Å². The minimum Gasteiger partial charge on any atom is -0.379 e. The van der Waals surface area contributed by atoms with Crippen molar-refractivity contribution in [3.05, 3.63) is 10.9 Å². The molecule has 0 saturated heterocycles. The number of nitrogens with one attached hydrogen (secondary N) is 2. The van der Waals surface area contributed by atoms with Crippen LogP contribution in [0.2, 0.25) is 0 Å². The highest BCUT2D eigenvalue weighted by Crippen LogP contribution is 2.30. The van der Waals surface area contributed by atoms with Gasteiger partial charge in [-0.2, -0.15) is 4.98 Å². The van der Waals surface area contributed by atoms with Crippen molar-refractivity contribution in [3.63, 3.8) is 0 Å². The van der Waals surface area contributed by atoms with Crippen LogP contribution < -0.4 is 16.6 Å². The first kappa shape index (κ1) is 13.5. The molecular formula is C13H19N5OS. The average molecular weight is 293 g/mol. The summed E-state index contributed by atoms with van der Waals surface area (Å²) in [7, 11) is 0. The summed E-state index contributed by atoms with van der Waals surface area (Å²) in [6, 6.07) is 2.09. The summed E-state index contributed by atoms with van der Waals surface area (Å²) in [5.41, 5.74) is 2.51. The molecule has 0 radical (unpaired) electrons. The fourth-order valence-corrected chi connectivity index (χ4v) is 2.90. The lowest BCUT2D eigenvalue weighted by molar-refractivity contribution is 0.134. The van der Waals surface area contributed by atoms with Gasteiger partial charge in [-0.1, -0.05) is 0 Å². The number of nitrogens with zero attached hydrogens (tertiary/aromatic N) is 2. The Hall–Kier alpha value is -1.44. The summed E-state index contributed by atoms with van der Waals surface area (Å²) >= 11 is 1.63. The first-order valence-corrected chi connectivity index (χ1v) is 7.64. The Labute approximate surface area is 121 Å². The van der Waals surface area contributed by atoms with E-state index in [1.807, 2.05) is 0 Å². The molecule has 0 aromatic carbocycles. The Kier molecular flexibility index (Phi) is 4.00. The highest BCUT2D eigenvalue weighted by atomic mass is 32.1. The third-order valence-electron chi connectivity index (χ3n) is 3.23. The highest BCUT2D eigenvalue weighted by Gasteiger charge is 2.20. The summed E-state index contributed by atoms with van der Waals surface area (Å²) in [6.45, 7) is 4.37. The maximum atomic E-state index is 5.61. The van der Waals surface area contributed by atoms with Gasteiger partial charge >= 0.3 is 0 Å². The second-order valence-electron chi connectivity index (χ2n) is 5.06. The van der Waals surface area contributed by atoms with Gasteiger partial charge in [0.1, 0.15) is 10.6 Å². The monoisotopic (exact) mass is 293 g/mol. The fourth-order valence-electron chi connectivity index (χ4n) is 2.02. The van der Waals surface area contributed by atoms with E-state index in [0.29, 0.717) is 12.6 Å². The number of anilines is 2.